The Hall–Kier alpha value is -2.67. The predicted molar refractivity (Wildman–Crippen MR) is 145 cm³/mol. The number of fused-ring (bicyclic) bond motifs is 1. The van der Waals surface area contributed by atoms with Gasteiger partial charge in [-0.15, -0.1) is 0 Å². The number of hydrogen-bond donors (Lipinski definition) is 2. The fraction of sp³-hybridized carbons (Fsp3) is 0.645. The number of anilines is 1. The van der Waals surface area contributed by atoms with Crippen LogP contribution in [-0.2, 0) is 19.1 Å². The normalized spacial score (nSPS) is 39.8. The third-order valence-electron chi connectivity index (χ3n) is 9.97. The number of benzene rings is 1. The summed E-state index contributed by atoms with van der Waals surface area (Å²) in [6, 6.07) is 7.03. The molecule has 0 radical (unpaired) electrons. The Morgan fingerprint density at radius 2 is 1.79 bits per heavy atom. The van der Waals surface area contributed by atoms with Crippen LogP contribution in [0.2, 0.25) is 0 Å². The molecular weight excluding hydrogens is 478 g/mol. The van der Waals surface area contributed by atoms with E-state index in [4.69, 9.17) is 4.74 Å². The molecule has 7 heteroatoms. The van der Waals surface area contributed by atoms with E-state index in [9.17, 15) is 14.4 Å². The lowest BCUT2D eigenvalue weighted by atomic mass is 9.74. The molecule has 6 rings (SSSR count). The Morgan fingerprint density at radius 3 is 2.53 bits per heavy atom. The number of carbonyl (C=O) groups is 3. The van der Waals surface area contributed by atoms with Crippen LogP contribution in [0.5, 0.6) is 0 Å². The molecule has 1 spiro atoms. The van der Waals surface area contributed by atoms with E-state index >= 15 is 0 Å². The molecular formula is C31H41N3O4. The second-order valence-corrected chi connectivity index (χ2v) is 12.6. The van der Waals surface area contributed by atoms with Gasteiger partial charge in [0.25, 0.3) is 0 Å². The zero-order chi connectivity index (χ0) is 26.6. The Labute approximate surface area is 225 Å². The summed E-state index contributed by atoms with van der Waals surface area (Å²) in [6.07, 6.45) is 11.5. The van der Waals surface area contributed by atoms with Crippen LogP contribution in [0, 0.1) is 30.6 Å². The van der Waals surface area contributed by atoms with Gasteiger partial charge in [0.15, 0.2) is 0 Å². The van der Waals surface area contributed by atoms with E-state index in [2.05, 4.69) is 24.5 Å². The van der Waals surface area contributed by atoms with E-state index < -0.39 is 29.6 Å². The van der Waals surface area contributed by atoms with Gasteiger partial charge in [0.1, 0.15) is 11.6 Å². The van der Waals surface area contributed by atoms with Gasteiger partial charge in [0, 0.05) is 17.8 Å². The summed E-state index contributed by atoms with van der Waals surface area (Å²) in [5.74, 6) is -0.765. The molecule has 3 amide bonds. The third kappa shape index (κ3) is 4.18. The SMILES string of the molecule is Cc1cccc(NC(=O)C2[C@@H]3C=CC4(O3)C(C(=O)NC3CCCCC3C)N(C3CCC(C)CC3)C(=O)[C@H]24)c1. The quantitative estimate of drug-likeness (QED) is 0.566. The number of carbonyl (C=O) groups excluding carboxylic acids is 3. The molecule has 2 saturated carbocycles. The molecule has 3 heterocycles. The van der Waals surface area contributed by atoms with Crippen LogP contribution in [-0.4, -0.2) is 52.5 Å². The fourth-order valence-electron chi connectivity index (χ4n) is 7.86. The van der Waals surface area contributed by atoms with Crippen LogP contribution in [0.15, 0.2) is 36.4 Å². The van der Waals surface area contributed by atoms with Crippen molar-refractivity contribution in [2.75, 3.05) is 5.32 Å². The van der Waals surface area contributed by atoms with Gasteiger partial charge in [-0.1, -0.05) is 51.0 Å². The highest BCUT2D eigenvalue weighted by molar-refractivity contribution is 6.03. The van der Waals surface area contributed by atoms with Crippen LogP contribution >= 0.6 is 0 Å². The van der Waals surface area contributed by atoms with Gasteiger partial charge in [-0.3, -0.25) is 14.4 Å². The maximum atomic E-state index is 14.3. The minimum Gasteiger partial charge on any atom is -0.359 e. The Kier molecular flexibility index (Phi) is 6.61. The van der Waals surface area contributed by atoms with E-state index in [1.165, 1.54) is 6.42 Å². The summed E-state index contributed by atoms with van der Waals surface area (Å²) in [6.45, 7) is 6.44. The summed E-state index contributed by atoms with van der Waals surface area (Å²) in [7, 11) is 0. The molecule has 2 saturated heterocycles. The molecule has 2 aliphatic carbocycles. The van der Waals surface area contributed by atoms with Gasteiger partial charge >= 0.3 is 0 Å². The van der Waals surface area contributed by atoms with Crippen molar-refractivity contribution in [3.8, 4) is 0 Å². The van der Waals surface area contributed by atoms with Crippen molar-refractivity contribution >= 4 is 23.4 Å². The summed E-state index contributed by atoms with van der Waals surface area (Å²) < 4.78 is 6.55. The highest BCUT2D eigenvalue weighted by Gasteiger charge is 2.73. The Morgan fingerprint density at radius 1 is 1.03 bits per heavy atom. The minimum atomic E-state index is -1.10. The number of aryl methyl sites for hydroxylation is 1. The zero-order valence-electron chi connectivity index (χ0n) is 22.8. The topological polar surface area (TPSA) is 87.7 Å². The average molecular weight is 520 g/mol. The second-order valence-electron chi connectivity index (χ2n) is 12.6. The van der Waals surface area contributed by atoms with Gasteiger partial charge < -0.3 is 20.3 Å². The van der Waals surface area contributed by atoms with Crippen molar-refractivity contribution in [1.29, 1.82) is 0 Å². The Balaban J connectivity index is 1.32. The van der Waals surface area contributed by atoms with Crippen molar-refractivity contribution in [2.24, 2.45) is 23.7 Å². The summed E-state index contributed by atoms with van der Waals surface area (Å²) in [4.78, 5) is 43.9. The number of ether oxygens (including phenoxy) is 1. The second kappa shape index (κ2) is 9.82. The maximum absolute atomic E-state index is 14.3. The van der Waals surface area contributed by atoms with Crippen molar-refractivity contribution in [1.82, 2.24) is 10.2 Å². The number of rotatable bonds is 5. The summed E-state index contributed by atoms with van der Waals surface area (Å²) >= 11 is 0. The smallest absolute Gasteiger partial charge is 0.246 e. The predicted octanol–water partition coefficient (Wildman–Crippen LogP) is 4.36. The lowest BCUT2D eigenvalue weighted by Gasteiger charge is -2.40. The summed E-state index contributed by atoms with van der Waals surface area (Å²) in [5.41, 5.74) is 0.660. The third-order valence-corrected chi connectivity index (χ3v) is 9.97. The van der Waals surface area contributed by atoms with Crippen molar-refractivity contribution in [3.05, 3.63) is 42.0 Å². The lowest BCUT2D eigenvalue weighted by molar-refractivity contribution is -0.145. The standard InChI is InChI=1S/C31H41N3O4/c1-18-11-13-22(14-12-18)34-27(29(36)33-23-10-5-4-8-20(23)3)31-16-15-24(38-31)25(26(31)30(34)37)28(35)32-21-9-6-7-19(2)17-21/h6-7,9,15-18,20,22-27H,4-5,8,10-14H2,1-3H3,(H,32,35)(H,33,36)/t18?,20?,22?,23?,24-,25?,26-,27?,31?/m0/s1. The number of amides is 3. The lowest BCUT2D eigenvalue weighted by Crippen LogP contribution is -2.59. The molecule has 2 N–H and O–H groups in total. The van der Waals surface area contributed by atoms with Crippen molar-refractivity contribution in [2.45, 2.75) is 102 Å². The number of nitrogens with one attached hydrogen (secondary N) is 2. The van der Waals surface area contributed by atoms with Crippen molar-refractivity contribution in [3.63, 3.8) is 0 Å². The minimum absolute atomic E-state index is 0.00487. The highest BCUT2D eigenvalue weighted by Crippen LogP contribution is 2.56. The fourth-order valence-corrected chi connectivity index (χ4v) is 7.86. The summed E-state index contributed by atoms with van der Waals surface area (Å²) in [5, 5.41) is 6.37. The molecule has 3 aliphatic heterocycles. The van der Waals surface area contributed by atoms with E-state index in [0.29, 0.717) is 17.5 Å². The van der Waals surface area contributed by atoms with Gasteiger partial charge in [0.05, 0.1) is 17.9 Å². The molecule has 1 aromatic rings. The molecule has 7 nitrogen and oxygen atoms in total. The highest BCUT2D eigenvalue weighted by atomic mass is 16.5. The number of hydrogen-bond acceptors (Lipinski definition) is 4. The maximum Gasteiger partial charge on any atom is 0.246 e. The molecule has 5 unspecified atom stereocenters. The first-order chi connectivity index (χ1) is 18.3. The van der Waals surface area contributed by atoms with Gasteiger partial charge in [-0.2, -0.15) is 0 Å². The first-order valence-electron chi connectivity index (χ1n) is 14.7. The van der Waals surface area contributed by atoms with Crippen LogP contribution in [0.25, 0.3) is 0 Å². The molecule has 7 atom stereocenters. The molecule has 2 bridgehead atoms. The van der Waals surface area contributed by atoms with E-state index in [-0.39, 0.29) is 29.8 Å². The molecule has 0 aromatic heterocycles. The van der Waals surface area contributed by atoms with Crippen LogP contribution in [0.4, 0.5) is 5.69 Å². The number of nitrogens with zero attached hydrogens (tertiary/aromatic N) is 1. The van der Waals surface area contributed by atoms with Crippen molar-refractivity contribution < 1.29 is 19.1 Å². The van der Waals surface area contributed by atoms with Gasteiger partial charge in [0.2, 0.25) is 17.7 Å². The molecule has 204 valence electrons. The number of likely N-dealkylation sites (tertiary alicyclic amines) is 1. The first kappa shape index (κ1) is 25.6. The van der Waals surface area contributed by atoms with Gasteiger partial charge in [-0.05, 0) is 75.0 Å². The van der Waals surface area contributed by atoms with Crippen LogP contribution in [0.1, 0.15) is 70.8 Å². The molecule has 1 aromatic carbocycles. The zero-order valence-corrected chi connectivity index (χ0v) is 22.8. The Bertz CT molecular complexity index is 1140. The van der Waals surface area contributed by atoms with Crippen LogP contribution in [0.3, 0.4) is 0 Å². The molecule has 4 fully saturated rings. The molecule has 38 heavy (non-hydrogen) atoms. The first-order valence-corrected chi connectivity index (χ1v) is 14.7. The van der Waals surface area contributed by atoms with Crippen LogP contribution < -0.4 is 10.6 Å². The largest absolute Gasteiger partial charge is 0.359 e. The van der Waals surface area contributed by atoms with E-state index in [1.807, 2.05) is 48.2 Å². The molecule has 5 aliphatic rings. The van der Waals surface area contributed by atoms with Gasteiger partial charge in [-0.25, -0.2) is 0 Å². The monoisotopic (exact) mass is 519 g/mol. The average Bonchev–Trinajstić information content (AvgIpc) is 3.53. The van der Waals surface area contributed by atoms with E-state index in [1.54, 1.807) is 0 Å². The van der Waals surface area contributed by atoms with E-state index in [0.717, 1.165) is 50.5 Å².